The van der Waals surface area contributed by atoms with Crippen molar-refractivity contribution in [1.29, 1.82) is 0 Å². The molecule has 0 atom stereocenters. The lowest BCUT2D eigenvalue weighted by Crippen LogP contribution is -2.32. The predicted octanol–water partition coefficient (Wildman–Crippen LogP) is 2.27. The summed E-state index contributed by atoms with van der Waals surface area (Å²) in [5.41, 5.74) is 15.8. The van der Waals surface area contributed by atoms with Gasteiger partial charge >= 0.3 is 0 Å². The van der Waals surface area contributed by atoms with Crippen LogP contribution in [0.25, 0.3) is 0 Å². The van der Waals surface area contributed by atoms with Gasteiger partial charge in [-0.05, 0) is 25.0 Å². The van der Waals surface area contributed by atoms with Gasteiger partial charge in [0.15, 0.2) is 11.9 Å². The van der Waals surface area contributed by atoms with Crippen molar-refractivity contribution in [1.82, 2.24) is 10.6 Å². The largest absolute Gasteiger partial charge is 0.370 e. The van der Waals surface area contributed by atoms with Crippen molar-refractivity contribution in [3.05, 3.63) is 59.7 Å². The number of nitrogens with two attached hydrogens (primary N) is 2. The topological polar surface area (TPSA) is 101 Å². The number of guanidine groups is 2. The highest BCUT2D eigenvalue weighted by Crippen LogP contribution is 2.07. The highest BCUT2D eigenvalue weighted by Gasteiger charge is 1.98. The molecule has 1 aromatic rings. The average Bonchev–Trinajstić information content (AvgIpc) is 2.54. The number of nitrogens with zero attached hydrogens (tertiary/aromatic N) is 2. The monoisotopic (exact) mass is 456 g/mol. The van der Waals surface area contributed by atoms with Gasteiger partial charge in [-0.25, -0.2) is 9.98 Å². The molecule has 0 amide bonds. The second kappa shape index (κ2) is 12.3. The molecule has 0 saturated carbocycles. The highest BCUT2D eigenvalue weighted by molar-refractivity contribution is 14.0. The molecule has 0 aromatic heterocycles. The van der Waals surface area contributed by atoms with Crippen LogP contribution in [0.4, 0.5) is 0 Å². The van der Waals surface area contributed by atoms with E-state index >= 15 is 0 Å². The summed E-state index contributed by atoms with van der Waals surface area (Å²) in [6.45, 7) is 13.8. The Bertz CT molecular complexity index is 585. The molecule has 0 aliphatic heterocycles. The Morgan fingerprint density at radius 3 is 1.68 bits per heavy atom. The first-order valence-corrected chi connectivity index (χ1v) is 7.81. The lowest BCUT2D eigenvalue weighted by molar-refractivity contribution is 0.930. The fraction of sp³-hybridized carbons (Fsp3) is 0.333. The lowest BCUT2D eigenvalue weighted by Gasteiger charge is -2.06. The minimum Gasteiger partial charge on any atom is -0.370 e. The molecule has 0 heterocycles. The summed E-state index contributed by atoms with van der Waals surface area (Å²) in [6.07, 6.45) is 0. The maximum absolute atomic E-state index is 5.81. The van der Waals surface area contributed by atoms with Gasteiger partial charge in [-0.2, -0.15) is 0 Å². The van der Waals surface area contributed by atoms with E-state index in [4.69, 9.17) is 11.5 Å². The molecule has 1 aromatic carbocycles. The molecule has 6 nitrogen and oxygen atoms in total. The molecule has 138 valence electrons. The Labute approximate surface area is 167 Å². The van der Waals surface area contributed by atoms with Crippen LogP contribution in [0.2, 0.25) is 0 Å². The van der Waals surface area contributed by atoms with E-state index in [9.17, 15) is 0 Å². The molecule has 0 fully saturated rings. The van der Waals surface area contributed by atoms with E-state index in [1.54, 1.807) is 0 Å². The smallest absolute Gasteiger partial charge is 0.189 e. The van der Waals surface area contributed by atoms with Gasteiger partial charge in [0.2, 0.25) is 0 Å². The third-order valence-corrected chi connectivity index (χ3v) is 3.00. The van der Waals surface area contributed by atoms with E-state index in [0.717, 1.165) is 22.3 Å². The average molecular weight is 456 g/mol. The molecular formula is C18H29IN6. The summed E-state index contributed by atoms with van der Waals surface area (Å²) in [4.78, 5) is 8.62. The van der Waals surface area contributed by atoms with E-state index in [2.05, 4.69) is 33.8 Å². The quantitative estimate of drug-likeness (QED) is 0.209. The van der Waals surface area contributed by atoms with Crippen LogP contribution in [0.1, 0.15) is 25.0 Å². The summed E-state index contributed by atoms with van der Waals surface area (Å²) < 4.78 is 0. The van der Waals surface area contributed by atoms with Crippen molar-refractivity contribution >= 4 is 35.9 Å². The molecule has 0 bridgehead atoms. The van der Waals surface area contributed by atoms with Crippen LogP contribution >= 0.6 is 24.0 Å². The van der Waals surface area contributed by atoms with Crippen LogP contribution in [-0.4, -0.2) is 25.0 Å². The van der Waals surface area contributed by atoms with Crippen molar-refractivity contribution in [2.45, 2.75) is 26.9 Å². The molecule has 0 radical (unpaired) electrons. The van der Waals surface area contributed by atoms with Crippen molar-refractivity contribution in [3.63, 3.8) is 0 Å². The Balaban J connectivity index is 0.00000576. The van der Waals surface area contributed by atoms with Crippen molar-refractivity contribution in [3.8, 4) is 0 Å². The van der Waals surface area contributed by atoms with Crippen LogP contribution in [-0.2, 0) is 13.1 Å². The molecule has 0 saturated heterocycles. The molecule has 0 aliphatic carbocycles. The molecule has 1 rings (SSSR count). The van der Waals surface area contributed by atoms with Gasteiger partial charge in [0.25, 0.3) is 0 Å². The van der Waals surface area contributed by atoms with Crippen LogP contribution in [0, 0.1) is 0 Å². The first-order valence-electron chi connectivity index (χ1n) is 7.81. The minimum atomic E-state index is 0. The van der Waals surface area contributed by atoms with E-state index in [0.29, 0.717) is 38.1 Å². The number of hydrogen-bond acceptors (Lipinski definition) is 2. The van der Waals surface area contributed by atoms with Crippen LogP contribution in [0.5, 0.6) is 0 Å². The molecular weight excluding hydrogens is 427 g/mol. The molecule has 0 spiro atoms. The fourth-order valence-electron chi connectivity index (χ4n) is 1.77. The van der Waals surface area contributed by atoms with E-state index < -0.39 is 0 Å². The van der Waals surface area contributed by atoms with Crippen LogP contribution in [0.3, 0.4) is 0 Å². The number of benzene rings is 1. The third kappa shape index (κ3) is 11.2. The second-order valence-corrected chi connectivity index (χ2v) is 5.84. The standard InChI is InChI=1S/C18H28N6.HI/c1-13(2)9-21-17(19)23-11-15-6-5-7-16(8-15)12-24-18(20)22-10-14(3)4;/h5-8H,1,3,9-12H2,2,4H3,(H3,19,21,23)(H3,20,22,24);1H. The Morgan fingerprint density at radius 2 is 1.32 bits per heavy atom. The van der Waals surface area contributed by atoms with Gasteiger partial charge in [0, 0.05) is 13.1 Å². The van der Waals surface area contributed by atoms with Crippen molar-refractivity contribution in [2.75, 3.05) is 13.1 Å². The lowest BCUT2D eigenvalue weighted by atomic mass is 10.1. The highest BCUT2D eigenvalue weighted by atomic mass is 127. The second-order valence-electron chi connectivity index (χ2n) is 5.84. The fourth-order valence-corrected chi connectivity index (χ4v) is 1.77. The zero-order valence-corrected chi connectivity index (χ0v) is 17.3. The molecule has 0 unspecified atom stereocenters. The number of aliphatic imine (C=N–C) groups is 2. The maximum atomic E-state index is 5.81. The van der Waals surface area contributed by atoms with E-state index in [1.807, 2.05) is 38.1 Å². The first kappa shape index (κ1) is 23.0. The number of hydrogen-bond donors (Lipinski definition) is 4. The zero-order valence-electron chi connectivity index (χ0n) is 15.0. The van der Waals surface area contributed by atoms with Crippen LogP contribution in [0.15, 0.2) is 58.6 Å². The summed E-state index contributed by atoms with van der Waals surface area (Å²) in [7, 11) is 0. The van der Waals surface area contributed by atoms with Crippen molar-refractivity contribution < 1.29 is 0 Å². The normalized spacial score (nSPS) is 11.4. The summed E-state index contributed by atoms with van der Waals surface area (Å²) in [5, 5.41) is 6.01. The number of halogens is 1. The summed E-state index contributed by atoms with van der Waals surface area (Å²) in [6, 6.07) is 8.03. The van der Waals surface area contributed by atoms with E-state index in [-0.39, 0.29) is 24.0 Å². The molecule has 0 aliphatic rings. The molecule has 25 heavy (non-hydrogen) atoms. The van der Waals surface area contributed by atoms with Gasteiger partial charge in [-0.3, -0.25) is 0 Å². The SMILES string of the molecule is C=C(C)CNC(N)=NCc1cccc(CN=C(N)NCC(=C)C)c1.I. The van der Waals surface area contributed by atoms with Gasteiger partial charge < -0.3 is 22.1 Å². The van der Waals surface area contributed by atoms with Gasteiger partial charge in [-0.1, -0.05) is 48.6 Å². The molecule has 6 N–H and O–H groups in total. The first-order chi connectivity index (χ1) is 11.4. The third-order valence-electron chi connectivity index (χ3n) is 3.00. The Kier molecular flexibility index (Phi) is 11.3. The number of nitrogens with one attached hydrogen (secondary N) is 2. The number of rotatable bonds is 8. The van der Waals surface area contributed by atoms with E-state index in [1.165, 1.54) is 0 Å². The Hall–Kier alpha value is -2.03. The van der Waals surface area contributed by atoms with Gasteiger partial charge in [0.1, 0.15) is 0 Å². The molecule has 7 heteroatoms. The predicted molar refractivity (Wildman–Crippen MR) is 118 cm³/mol. The summed E-state index contributed by atoms with van der Waals surface area (Å²) in [5.74, 6) is 0.823. The van der Waals surface area contributed by atoms with Crippen LogP contribution < -0.4 is 22.1 Å². The minimum absolute atomic E-state index is 0. The maximum Gasteiger partial charge on any atom is 0.189 e. The van der Waals surface area contributed by atoms with Gasteiger partial charge in [0.05, 0.1) is 13.1 Å². The Morgan fingerprint density at radius 1 is 0.920 bits per heavy atom. The van der Waals surface area contributed by atoms with Gasteiger partial charge in [-0.15, -0.1) is 24.0 Å². The zero-order chi connectivity index (χ0) is 17.9. The summed E-state index contributed by atoms with van der Waals surface area (Å²) >= 11 is 0. The van der Waals surface area contributed by atoms with Crippen molar-refractivity contribution in [2.24, 2.45) is 21.5 Å².